The van der Waals surface area contributed by atoms with E-state index in [4.69, 9.17) is 5.73 Å². The Morgan fingerprint density at radius 2 is 2.54 bits per heavy atom. The van der Waals surface area contributed by atoms with Crippen molar-refractivity contribution in [2.75, 3.05) is 6.54 Å². The summed E-state index contributed by atoms with van der Waals surface area (Å²) in [5.41, 5.74) is 6.64. The molecule has 0 fully saturated rings. The zero-order valence-corrected chi connectivity index (χ0v) is 8.43. The Balaban J connectivity index is 2.18. The molecule has 0 saturated heterocycles. The summed E-state index contributed by atoms with van der Waals surface area (Å²) in [7, 11) is 0. The van der Waals surface area contributed by atoms with Gasteiger partial charge in [0.15, 0.2) is 0 Å². The first kappa shape index (κ1) is 10.2. The van der Waals surface area contributed by atoms with Gasteiger partial charge < -0.3 is 11.1 Å². The SMILES string of the molecule is C[C@H](N)C(=O)NCCc1ccsc1. The molecule has 0 aliphatic heterocycles. The fraction of sp³-hybridized carbons (Fsp3) is 0.444. The first-order valence-corrected chi connectivity index (χ1v) is 5.19. The highest BCUT2D eigenvalue weighted by Gasteiger charge is 2.05. The third-order valence-corrected chi connectivity index (χ3v) is 2.44. The minimum atomic E-state index is -0.414. The summed E-state index contributed by atoms with van der Waals surface area (Å²) in [5, 5.41) is 6.87. The first-order chi connectivity index (χ1) is 6.20. The van der Waals surface area contributed by atoms with Gasteiger partial charge in [-0.2, -0.15) is 11.3 Å². The summed E-state index contributed by atoms with van der Waals surface area (Å²) in [6.45, 7) is 2.34. The molecule has 3 nitrogen and oxygen atoms in total. The second-order valence-electron chi connectivity index (χ2n) is 2.96. The lowest BCUT2D eigenvalue weighted by Crippen LogP contribution is -2.39. The lowest BCUT2D eigenvalue weighted by atomic mass is 10.2. The Morgan fingerprint density at radius 3 is 3.08 bits per heavy atom. The van der Waals surface area contributed by atoms with E-state index < -0.39 is 6.04 Å². The Hall–Kier alpha value is -0.870. The summed E-state index contributed by atoms with van der Waals surface area (Å²) in [6, 6.07) is 1.64. The molecule has 1 heterocycles. The third-order valence-electron chi connectivity index (χ3n) is 1.71. The van der Waals surface area contributed by atoms with Crippen molar-refractivity contribution in [3.05, 3.63) is 22.4 Å². The summed E-state index contributed by atoms with van der Waals surface area (Å²) in [5.74, 6) is -0.0878. The maximum atomic E-state index is 11.0. The number of carbonyl (C=O) groups is 1. The van der Waals surface area contributed by atoms with E-state index in [0.717, 1.165) is 6.42 Å². The topological polar surface area (TPSA) is 55.1 Å². The zero-order valence-electron chi connectivity index (χ0n) is 7.62. The van der Waals surface area contributed by atoms with Crippen LogP contribution in [0.3, 0.4) is 0 Å². The van der Waals surface area contributed by atoms with Crippen LogP contribution in [0.15, 0.2) is 16.8 Å². The number of hydrogen-bond acceptors (Lipinski definition) is 3. The van der Waals surface area contributed by atoms with Crippen LogP contribution in [0.4, 0.5) is 0 Å². The highest BCUT2D eigenvalue weighted by Crippen LogP contribution is 2.05. The van der Waals surface area contributed by atoms with Crippen LogP contribution in [0.1, 0.15) is 12.5 Å². The molecule has 1 aromatic heterocycles. The van der Waals surface area contributed by atoms with Gasteiger partial charge >= 0.3 is 0 Å². The molecule has 0 radical (unpaired) electrons. The van der Waals surface area contributed by atoms with Gasteiger partial charge in [-0.25, -0.2) is 0 Å². The first-order valence-electron chi connectivity index (χ1n) is 4.24. The minimum Gasteiger partial charge on any atom is -0.354 e. The molecule has 4 heteroatoms. The van der Waals surface area contributed by atoms with Crippen LogP contribution >= 0.6 is 11.3 Å². The van der Waals surface area contributed by atoms with Crippen molar-refractivity contribution in [2.24, 2.45) is 5.73 Å². The van der Waals surface area contributed by atoms with Gasteiger partial charge in [0.1, 0.15) is 0 Å². The molecule has 0 aliphatic carbocycles. The van der Waals surface area contributed by atoms with Crippen LogP contribution in [-0.2, 0) is 11.2 Å². The highest BCUT2D eigenvalue weighted by molar-refractivity contribution is 7.07. The minimum absolute atomic E-state index is 0.0878. The van der Waals surface area contributed by atoms with Gasteiger partial charge in [-0.15, -0.1) is 0 Å². The summed E-state index contributed by atoms with van der Waals surface area (Å²) in [6.07, 6.45) is 0.877. The monoisotopic (exact) mass is 198 g/mol. The van der Waals surface area contributed by atoms with Gasteiger partial charge in [0, 0.05) is 6.54 Å². The van der Waals surface area contributed by atoms with Crippen molar-refractivity contribution >= 4 is 17.2 Å². The van der Waals surface area contributed by atoms with Crippen LogP contribution in [0.2, 0.25) is 0 Å². The zero-order chi connectivity index (χ0) is 9.68. The van der Waals surface area contributed by atoms with E-state index in [1.807, 2.05) is 5.38 Å². The molecular formula is C9H14N2OS. The quantitative estimate of drug-likeness (QED) is 0.750. The van der Waals surface area contributed by atoms with E-state index in [0.29, 0.717) is 6.54 Å². The second-order valence-corrected chi connectivity index (χ2v) is 3.74. The molecule has 0 aliphatic rings. The van der Waals surface area contributed by atoms with Crippen molar-refractivity contribution in [2.45, 2.75) is 19.4 Å². The Morgan fingerprint density at radius 1 is 1.77 bits per heavy atom. The summed E-state index contributed by atoms with van der Waals surface area (Å²) < 4.78 is 0. The highest BCUT2D eigenvalue weighted by atomic mass is 32.1. The maximum Gasteiger partial charge on any atom is 0.236 e. The molecule has 0 unspecified atom stereocenters. The van der Waals surface area contributed by atoms with Crippen molar-refractivity contribution < 1.29 is 4.79 Å². The lowest BCUT2D eigenvalue weighted by molar-refractivity contribution is -0.121. The van der Waals surface area contributed by atoms with Crippen LogP contribution < -0.4 is 11.1 Å². The number of nitrogens with two attached hydrogens (primary N) is 1. The predicted molar refractivity (Wildman–Crippen MR) is 54.7 cm³/mol. The number of amides is 1. The number of hydrogen-bond donors (Lipinski definition) is 2. The van der Waals surface area contributed by atoms with Crippen LogP contribution in [0.25, 0.3) is 0 Å². The smallest absolute Gasteiger partial charge is 0.236 e. The van der Waals surface area contributed by atoms with E-state index >= 15 is 0 Å². The number of rotatable bonds is 4. The fourth-order valence-electron chi connectivity index (χ4n) is 0.926. The Bertz CT molecular complexity index is 257. The van der Waals surface area contributed by atoms with Gasteiger partial charge in [0.05, 0.1) is 6.04 Å². The molecule has 1 amide bonds. The van der Waals surface area contributed by atoms with Crippen LogP contribution in [0, 0.1) is 0 Å². The molecule has 3 N–H and O–H groups in total. The third kappa shape index (κ3) is 3.57. The summed E-state index contributed by atoms with van der Waals surface area (Å²) >= 11 is 1.67. The number of carbonyl (C=O) groups excluding carboxylic acids is 1. The average Bonchev–Trinajstić information content (AvgIpc) is 2.56. The second kappa shape index (κ2) is 4.99. The standard InChI is InChI=1S/C9H14N2OS/c1-7(10)9(12)11-4-2-8-3-5-13-6-8/h3,5-7H,2,4,10H2,1H3,(H,11,12)/t7-/m0/s1. The van der Waals surface area contributed by atoms with E-state index in [9.17, 15) is 4.79 Å². The molecule has 0 bridgehead atoms. The molecule has 72 valence electrons. The maximum absolute atomic E-state index is 11.0. The lowest BCUT2D eigenvalue weighted by Gasteiger charge is -2.06. The van der Waals surface area contributed by atoms with Crippen molar-refractivity contribution in [1.82, 2.24) is 5.32 Å². The van der Waals surface area contributed by atoms with Crippen molar-refractivity contribution in [3.8, 4) is 0 Å². The van der Waals surface area contributed by atoms with Gasteiger partial charge in [0.2, 0.25) is 5.91 Å². The van der Waals surface area contributed by atoms with Gasteiger partial charge in [0.25, 0.3) is 0 Å². The van der Waals surface area contributed by atoms with Gasteiger partial charge in [-0.3, -0.25) is 4.79 Å². The number of nitrogens with one attached hydrogen (secondary N) is 1. The average molecular weight is 198 g/mol. The van der Waals surface area contributed by atoms with E-state index in [2.05, 4.69) is 16.8 Å². The van der Waals surface area contributed by atoms with E-state index in [1.165, 1.54) is 5.56 Å². The molecule has 0 spiro atoms. The Kier molecular flexibility index (Phi) is 3.92. The molecule has 1 aromatic rings. The largest absolute Gasteiger partial charge is 0.354 e. The molecular weight excluding hydrogens is 184 g/mol. The van der Waals surface area contributed by atoms with Gasteiger partial charge in [-0.1, -0.05) is 0 Å². The molecule has 1 atom stereocenters. The molecule has 13 heavy (non-hydrogen) atoms. The van der Waals surface area contributed by atoms with Gasteiger partial charge in [-0.05, 0) is 35.7 Å². The fourth-order valence-corrected chi connectivity index (χ4v) is 1.63. The summed E-state index contributed by atoms with van der Waals surface area (Å²) in [4.78, 5) is 11.0. The predicted octanol–water partition coefficient (Wildman–Crippen LogP) is 0.754. The van der Waals surface area contributed by atoms with Crippen molar-refractivity contribution in [3.63, 3.8) is 0 Å². The van der Waals surface area contributed by atoms with Crippen LogP contribution in [-0.4, -0.2) is 18.5 Å². The number of thiophene rings is 1. The molecule has 0 saturated carbocycles. The normalized spacial score (nSPS) is 12.5. The molecule has 1 rings (SSSR count). The van der Waals surface area contributed by atoms with Crippen LogP contribution in [0.5, 0.6) is 0 Å². The van der Waals surface area contributed by atoms with E-state index in [1.54, 1.807) is 18.3 Å². The van der Waals surface area contributed by atoms with E-state index in [-0.39, 0.29) is 5.91 Å². The Labute approximate surface area is 81.9 Å². The molecule has 0 aromatic carbocycles. The van der Waals surface area contributed by atoms with Crippen molar-refractivity contribution in [1.29, 1.82) is 0 Å².